The van der Waals surface area contributed by atoms with E-state index >= 15 is 0 Å². The lowest BCUT2D eigenvalue weighted by Crippen LogP contribution is -2.39. The van der Waals surface area contributed by atoms with Crippen LogP contribution < -0.4 is 0 Å². The Morgan fingerprint density at radius 1 is 1.26 bits per heavy atom. The largest absolute Gasteiger partial charge is 0.480 e. The third-order valence-electron chi connectivity index (χ3n) is 3.86. The van der Waals surface area contributed by atoms with Crippen LogP contribution in [0.2, 0.25) is 0 Å². The number of aromatic nitrogens is 2. The number of hydrogen-bond donors (Lipinski definition) is 1. The van der Waals surface area contributed by atoms with E-state index in [9.17, 15) is 9.59 Å². The summed E-state index contributed by atoms with van der Waals surface area (Å²) in [5, 5.41) is 13.4. The summed E-state index contributed by atoms with van der Waals surface area (Å²) in [6.07, 6.45) is 7.79. The summed E-state index contributed by atoms with van der Waals surface area (Å²) in [6.45, 7) is 0.490. The fourth-order valence-electron chi connectivity index (χ4n) is 2.70. The Morgan fingerprint density at radius 3 is 2.78 bits per heavy atom. The van der Waals surface area contributed by atoms with Gasteiger partial charge in [-0.2, -0.15) is 5.10 Å². The molecule has 1 amide bonds. The molecule has 2 heterocycles. The number of amides is 1. The molecular formula is C17H17N3O3. The molecule has 0 spiro atoms. The Labute approximate surface area is 133 Å². The summed E-state index contributed by atoms with van der Waals surface area (Å²) in [6, 6.07) is 8.95. The van der Waals surface area contributed by atoms with Gasteiger partial charge in [0.15, 0.2) is 0 Å². The molecule has 3 rings (SSSR count). The third kappa shape index (κ3) is 3.31. The van der Waals surface area contributed by atoms with E-state index in [-0.39, 0.29) is 5.91 Å². The van der Waals surface area contributed by atoms with Crippen molar-refractivity contribution in [1.82, 2.24) is 14.7 Å². The van der Waals surface area contributed by atoms with Crippen molar-refractivity contribution in [3.8, 4) is 5.69 Å². The van der Waals surface area contributed by atoms with Crippen LogP contribution in [0.25, 0.3) is 11.8 Å². The van der Waals surface area contributed by atoms with E-state index in [4.69, 9.17) is 5.11 Å². The molecule has 1 aliphatic rings. The van der Waals surface area contributed by atoms with Crippen molar-refractivity contribution in [1.29, 1.82) is 0 Å². The average Bonchev–Trinajstić information content (AvgIpc) is 3.23. The molecule has 6 nitrogen and oxygen atoms in total. The van der Waals surface area contributed by atoms with Gasteiger partial charge in [0.25, 0.3) is 0 Å². The van der Waals surface area contributed by atoms with Gasteiger partial charge in [-0.3, -0.25) is 4.79 Å². The van der Waals surface area contributed by atoms with E-state index in [1.165, 1.54) is 11.0 Å². The quantitative estimate of drug-likeness (QED) is 0.876. The monoisotopic (exact) mass is 311 g/mol. The number of para-hydroxylation sites is 1. The Morgan fingerprint density at radius 2 is 2.04 bits per heavy atom. The van der Waals surface area contributed by atoms with E-state index < -0.39 is 12.0 Å². The molecule has 6 heteroatoms. The fourth-order valence-corrected chi connectivity index (χ4v) is 2.70. The first-order valence-corrected chi connectivity index (χ1v) is 7.47. The second kappa shape index (κ2) is 6.48. The zero-order chi connectivity index (χ0) is 16.2. The highest BCUT2D eigenvalue weighted by molar-refractivity contribution is 5.94. The number of likely N-dealkylation sites (tertiary alicyclic amines) is 1. The van der Waals surface area contributed by atoms with Gasteiger partial charge in [-0.05, 0) is 31.1 Å². The van der Waals surface area contributed by atoms with Crippen LogP contribution in [0, 0.1) is 0 Å². The maximum Gasteiger partial charge on any atom is 0.326 e. The molecule has 1 N–H and O–H groups in total. The minimum Gasteiger partial charge on any atom is -0.480 e. The van der Waals surface area contributed by atoms with Crippen LogP contribution in [0.15, 0.2) is 48.8 Å². The maximum atomic E-state index is 12.2. The molecule has 2 aromatic rings. The molecule has 118 valence electrons. The SMILES string of the molecule is O=C(O)[C@H]1CCCN1C(=O)C=Cc1cnn(-c2ccccc2)c1. The molecule has 1 atom stereocenters. The number of benzene rings is 1. The van der Waals surface area contributed by atoms with Gasteiger partial charge in [0.05, 0.1) is 11.9 Å². The van der Waals surface area contributed by atoms with Crippen molar-refractivity contribution < 1.29 is 14.7 Å². The van der Waals surface area contributed by atoms with Crippen molar-refractivity contribution in [2.45, 2.75) is 18.9 Å². The molecular weight excluding hydrogens is 294 g/mol. The van der Waals surface area contributed by atoms with E-state index in [1.54, 1.807) is 17.0 Å². The number of carbonyl (C=O) groups is 2. The van der Waals surface area contributed by atoms with Crippen molar-refractivity contribution >= 4 is 18.0 Å². The average molecular weight is 311 g/mol. The Kier molecular flexibility index (Phi) is 4.23. The maximum absolute atomic E-state index is 12.2. The van der Waals surface area contributed by atoms with Crippen LogP contribution in [0.3, 0.4) is 0 Å². The van der Waals surface area contributed by atoms with Gasteiger partial charge in [0.2, 0.25) is 5.91 Å². The topological polar surface area (TPSA) is 75.4 Å². The summed E-state index contributed by atoms with van der Waals surface area (Å²) < 4.78 is 1.72. The van der Waals surface area contributed by atoms with E-state index in [1.807, 2.05) is 36.5 Å². The summed E-state index contributed by atoms with van der Waals surface area (Å²) in [4.78, 5) is 24.7. The lowest BCUT2D eigenvalue weighted by atomic mass is 10.2. The Bertz CT molecular complexity index is 737. The first-order chi connectivity index (χ1) is 11.1. The van der Waals surface area contributed by atoms with Gasteiger partial charge in [-0.1, -0.05) is 18.2 Å². The van der Waals surface area contributed by atoms with Crippen LogP contribution in [0.1, 0.15) is 18.4 Å². The normalized spacial score (nSPS) is 17.7. The van der Waals surface area contributed by atoms with Gasteiger partial charge >= 0.3 is 5.97 Å². The Hall–Kier alpha value is -2.89. The smallest absolute Gasteiger partial charge is 0.326 e. The van der Waals surface area contributed by atoms with E-state index in [0.29, 0.717) is 13.0 Å². The second-order valence-electron chi connectivity index (χ2n) is 5.42. The zero-order valence-electron chi connectivity index (χ0n) is 12.5. The molecule has 1 aliphatic heterocycles. The summed E-state index contributed by atoms with van der Waals surface area (Å²) >= 11 is 0. The number of carbonyl (C=O) groups excluding carboxylic acids is 1. The van der Waals surface area contributed by atoms with Gasteiger partial charge in [-0.25, -0.2) is 9.48 Å². The molecule has 1 saturated heterocycles. The lowest BCUT2D eigenvalue weighted by molar-refractivity contribution is -0.146. The zero-order valence-corrected chi connectivity index (χ0v) is 12.5. The summed E-state index contributed by atoms with van der Waals surface area (Å²) in [7, 11) is 0. The second-order valence-corrected chi connectivity index (χ2v) is 5.42. The number of rotatable bonds is 4. The fraction of sp³-hybridized carbons (Fsp3) is 0.235. The minimum atomic E-state index is -0.943. The highest BCUT2D eigenvalue weighted by Crippen LogP contribution is 2.18. The molecule has 0 unspecified atom stereocenters. The number of nitrogens with zero attached hydrogens (tertiary/aromatic N) is 3. The molecule has 0 radical (unpaired) electrons. The summed E-state index contributed by atoms with van der Waals surface area (Å²) in [5.41, 5.74) is 1.72. The Balaban J connectivity index is 1.70. The highest BCUT2D eigenvalue weighted by atomic mass is 16.4. The van der Waals surface area contributed by atoms with Gasteiger partial charge in [0.1, 0.15) is 6.04 Å². The number of carboxylic acid groups (broad SMARTS) is 1. The van der Waals surface area contributed by atoms with E-state index in [2.05, 4.69) is 5.10 Å². The first-order valence-electron chi connectivity index (χ1n) is 7.47. The van der Waals surface area contributed by atoms with Crippen LogP contribution >= 0.6 is 0 Å². The number of carboxylic acids is 1. The molecule has 0 bridgehead atoms. The third-order valence-corrected chi connectivity index (χ3v) is 3.86. The highest BCUT2D eigenvalue weighted by Gasteiger charge is 2.32. The standard InChI is InChI=1S/C17H17N3O3/c21-16(19-10-4-7-15(19)17(22)23)9-8-13-11-18-20(12-13)14-5-2-1-3-6-14/h1-3,5-6,8-9,11-12,15H,4,7,10H2,(H,22,23)/t15-/m1/s1. The molecule has 1 aromatic carbocycles. The molecule has 23 heavy (non-hydrogen) atoms. The summed E-state index contributed by atoms with van der Waals surface area (Å²) in [5.74, 6) is -1.22. The predicted molar refractivity (Wildman–Crippen MR) is 85.0 cm³/mol. The van der Waals surface area contributed by atoms with Crippen molar-refractivity contribution in [2.24, 2.45) is 0 Å². The lowest BCUT2D eigenvalue weighted by Gasteiger charge is -2.19. The number of hydrogen-bond acceptors (Lipinski definition) is 3. The van der Waals surface area contributed by atoms with Crippen LogP contribution in [0.5, 0.6) is 0 Å². The van der Waals surface area contributed by atoms with E-state index in [0.717, 1.165) is 17.7 Å². The minimum absolute atomic E-state index is 0.276. The van der Waals surface area contributed by atoms with Gasteiger partial charge in [-0.15, -0.1) is 0 Å². The predicted octanol–water partition coefficient (Wildman–Crippen LogP) is 1.96. The van der Waals surface area contributed by atoms with Gasteiger partial charge in [0, 0.05) is 24.4 Å². The number of aliphatic carboxylic acids is 1. The van der Waals surface area contributed by atoms with Crippen molar-refractivity contribution in [3.63, 3.8) is 0 Å². The van der Waals surface area contributed by atoms with Crippen LogP contribution in [0.4, 0.5) is 0 Å². The molecule has 0 aliphatic carbocycles. The van der Waals surface area contributed by atoms with Gasteiger partial charge < -0.3 is 10.0 Å². The van der Waals surface area contributed by atoms with Crippen LogP contribution in [-0.2, 0) is 9.59 Å². The first kappa shape index (κ1) is 15.0. The van der Waals surface area contributed by atoms with Crippen LogP contribution in [-0.4, -0.2) is 44.3 Å². The van der Waals surface area contributed by atoms with Crippen molar-refractivity contribution in [2.75, 3.05) is 6.54 Å². The molecule has 1 aromatic heterocycles. The van der Waals surface area contributed by atoms with Crippen molar-refractivity contribution in [3.05, 3.63) is 54.4 Å². The molecule has 1 fully saturated rings. The molecule has 0 saturated carbocycles.